The van der Waals surface area contributed by atoms with Crippen molar-refractivity contribution in [3.63, 3.8) is 0 Å². The highest BCUT2D eigenvalue weighted by Gasteiger charge is 2.41. The number of hydrogen-bond donors (Lipinski definition) is 1. The van der Waals surface area contributed by atoms with Gasteiger partial charge in [0.15, 0.2) is 0 Å². The maximum absolute atomic E-state index is 3.32. The summed E-state index contributed by atoms with van der Waals surface area (Å²) in [5.74, 6) is 0. The predicted molar refractivity (Wildman–Crippen MR) is 88.4 cm³/mol. The van der Waals surface area contributed by atoms with Crippen LogP contribution in [-0.4, -0.2) is 20.1 Å². The van der Waals surface area contributed by atoms with E-state index in [-0.39, 0.29) is 0 Å². The fourth-order valence-corrected chi connectivity index (χ4v) is 3.61. The molecule has 1 aromatic carbocycles. The first-order chi connectivity index (χ1) is 9.64. The summed E-state index contributed by atoms with van der Waals surface area (Å²) < 4.78 is 0. The topological polar surface area (TPSA) is 15.3 Å². The summed E-state index contributed by atoms with van der Waals surface area (Å²) >= 11 is 0. The maximum Gasteiger partial charge on any atom is 0.0369 e. The van der Waals surface area contributed by atoms with E-state index in [1.807, 2.05) is 7.05 Å². The van der Waals surface area contributed by atoms with Crippen molar-refractivity contribution in [3.8, 4) is 0 Å². The van der Waals surface area contributed by atoms with Gasteiger partial charge in [-0.3, -0.25) is 0 Å². The molecule has 2 heteroatoms. The average molecular weight is 274 g/mol. The number of hydrogen-bond acceptors (Lipinski definition) is 2. The molecule has 0 bridgehead atoms. The van der Waals surface area contributed by atoms with E-state index in [1.54, 1.807) is 0 Å². The molecule has 0 spiro atoms. The van der Waals surface area contributed by atoms with Crippen LogP contribution in [0.15, 0.2) is 24.3 Å². The molecule has 1 aliphatic heterocycles. The van der Waals surface area contributed by atoms with Gasteiger partial charge < -0.3 is 10.2 Å². The second kappa shape index (κ2) is 6.62. The molecule has 1 aliphatic rings. The minimum Gasteiger partial charge on any atom is -0.370 e. The molecule has 20 heavy (non-hydrogen) atoms. The first-order valence-corrected chi connectivity index (χ1v) is 8.16. The van der Waals surface area contributed by atoms with E-state index in [0.29, 0.717) is 11.5 Å². The number of rotatable bonds is 7. The number of anilines is 1. The van der Waals surface area contributed by atoms with Crippen molar-refractivity contribution in [2.24, 2.45) is 5.41 Å². The monoisotopic (exact) mass is 274 g/mol. The lowest BCUT2D eigenvalue weighted by atomic mass is 9.72. The Morgan fingerprint density at radius 2 is 1.85 bits per heavy atom. The van der Waals surface area contributed by atoms with Crippen LogP contribution >= 0.6 is 0 Å². The van der Waals surface area contributed by atoms with E-state index in [0.717, 1.165) is 0 Å². The molecule has 112 valence electrons. The second-order valence-corrected chi connectivity index (χ2v) is 6.46. The Kier molecular flexibility index (Phi) is 5.09. The van der Waals surface area contributed by atoms with E-state index in [2.05, 4.69) is 55.3 Å². The number of nitrogens with zero attached hydrogens (tertiary/aromatic N) is 1. The Hall–Kier alpha value is -1.02. The molecule has 1 heterocycles. The molecule has 0 aromatic heterocycles. The van der Waals surface area contributed by atoms with Crippen LogP contribution < -0.4 is 10.2 Å². The predicted octanol–water partition coefficient (Wildman–Crippen LogP) is 4.37. The standard InChI is InChI=1S/C18H30N2/c1-5-10-18(11-6-2)13-20(14-18)17-9-7-8-16(12-17)15(3)19-4/h7-9,12,15,19H,5-6,10-11,13-14H2,1-4H3. The van der Waals surface area contributed by atoms with E-state index in [9.17, 15) is 0 Å². The lowest BCUT2D eigenvalue weighted by molar-refractivity contribution is 0.173. The van der Waals surface area contributed by atoms with E-state index in [1.165, 1.54) is 50.0 Å². The van der Waals surface area contributed by atoms with Gasteiger partial charge in [-0.25, -0.2) is 0 Å². The Morgan fingerprint density at radius 3 is 2.40 bits per heavy atom. The van der Waals surface area contributed by atoms with Gasteiger partial charge in [-0.1, -0.05) is 38.8 Å². The van der Waals surface area contributed by atoms with Crippen LogP contribution in [-0.2, 0) is 0 Å². The molecule has 0 aliphatic carbocycles. The van der Waals surface area contributed by atoms with E-state index in [4.69, 9.17) is 0 Å². The van der Waals surface area contributed by atoms with Crippen molar-refractivity contribution in [3.05, 3.63) is 29.8 Å². The van der Waals surface area contributed by atoms with E-state index >= 15 is 0 Å². The summed E-state index contributed by atoms with van der Waals surface area (Å²) in [5, 5.41) is 3.32. The van der Waals surface area contributed by atoms with Gasteiger partial charge >= 0.3 is 0 Å². The lowest BCUT2D eigenvalue weighted by Crippen LogP contribution is -2.56. The van der Waals surface area contributed by atoms with Crippen LogP contribution in [0.1, 0.15) is 58.1 Å². The molecular formula is C18H30N2. The number of benzene rings is 1. The average Bonchev–Trinajstić information content (AvgIpc) is 2.43. The molecule has 0 saturated carbocycles. The summed E-state index contributed by atoms with van der Waals surface area (Å²) in [6.07, 6.45) is 5.38. The van der Waals surface area contributed by atoms with Crippen molar-refractivity contribution in [2.75, 3.05) is 25.0 Å². The van der Waals surface area contributed by atoms with Gasteiger partial charge in [0, 0.05) is 30.2 Å². The van der Waals surface area contributed by atoms with E-state index < -0.39 is 0 Å². The fourth-order valence-electron chi connectivity index (χ4n) is 3.61. The minimum atomic E-state index is 0.423. The van der Waals surface area contributed by atoms with Crippen LogP contribution in [0.4, 0.5) is 5.69 Å². The molecule has 0 amide bonds. The summed E-state index contributed by atoms with van der Waals surface area (Å²) in [5.41, 5.74) is 3.37. The molecule has 2 nitrogen and oxygen atoms in total. The third kappa shape index (κ3) is 3.17. The largest absolute Gasteiger partial charge is 0.370 e. The minimum absolute atomic E-state index is 0.423. The molecule has 2 rings (SSSR count). The zero-order valence-electron chi connectivity index (χ0n) is 13.6. The zero-order chi connectivity index (χ0) is 14.6. The van der Waals surface area contributed by atoms with Crippen molar-refractivity contribution in [1.29, 1.82) is 0 Å². The molecule has 1 N–H and O–H groups in total. The Labute approximate surface area is 124 Å². The van der Waals surface area contributed by atoms with Gasteiger partial charge in [0.1, 0.15) is 0 Å². The molecule has 1 saturated heterocycles. The summed E-state index contributed by atoms with van der Waals surface area (Å²) in [6.45, 7) is 9.33. The first-order valence-electron chi connectivity index (χ1n) is 8.16. The molecule has 1 unspecified atom stereocenters. The second-order valence-electron chi connectivity index (χ2n) is 6.46. The highest BCUT2D eigenvalue weighted by molar-refractivity contribution is 5.52. The van der Waals surface area contributed by atoms with Gasteiger partial charge in [-0.15, -0.1) is 0 Å². The molecule has 1 fully saturated rings. The maximum atomic E-state index is 3.32. The zero-order valence-corrected chi connectivity index (χ0v) is 13.6. The molecule has 1 aromatic rings. The quantitative estimate of drug-likeness (QED) is 0.794. The van der Waals surface area contributed by atoms with Crippen LogP contribution in [0.2, 0.25) is 0 Å². The van der Waals surface area contributed by atoms with Crippen LogP contribution in [0, 0.1) is 5.41 Å². The summed E-state index contributed by atoms with van der Waals surface area (Å²) in [4.78, 5) is 2.55. The lowest BCUT2D eigenvalue weighted by Gasteiger charge is -2.52. The van der Waals surface area contributed by atoms with Crippen molar-refractivity contribution in [1.82, 2.24) is 5.32 Å². The highest BCUT2D eigenvalue weighted by atomic mass is 15.2. The number of nitrogens with one attached hydrogen (secondary N) is 1. The van der Waals surface area contributed by atoms with Gasteiger partial charge in [-0.05, 0) is 44.5 Å². The smallest absolute Gasteiger partial charge is 0.0369 e. The first kappa shape index (κ1) is 15.4. The molecular weight excluding hydrogens is 244 g/mol. The SMILES string of the molecule is CCCC1(CCC)CN(c2cccc(C(C)NC)c2)C1. The normalized spacial score (nSPS) is 18.7. The Bertz CT molecular complexity index is 413. The third-order valence-corrected chi connectivity index (χ3v) is 4.78. The fraction of sp³-hybridized carbons (Fsp3) is 0.667. The van der Waals surface area contributed by atoms with Crippen molar-refractivity contribution >= 4 is 5.69 Å². The van der Waals surface area contributed by atoms with Crippen LogP contribution in [0.3, 0.4) is 0 Å². The Balaban J connectivity index is 2.04. The van der Waals surface area contributed by atoms with Gasteiger partial charge in [0.05, 0.1) is 0 Å². The third-order valence-electron chi connectivity index (χ3n) is 4.78. The van der Waals surface area contributed by atoms with Gasteiger partial charge in [0.25, 0.3) is 0 Å². The molecule has 0 radical (unpaired) electrons. The molecule has 1 atom stereocenters. The van der Waals surface area contributed by atoms with Crippen LogP contribution in [0.5, 0.6) is 0 Å². The highest BCUT2D eigenvalue weighted by Crippen LogP contribution is 2.42. The van der Waals surface area contributed by atoms with Crippen molar-refractivity contribution in [2.45, 2.75) is 52.5 Å². The van der Waals surface area contributed by atoms with Gasteiger partial charge in [0.2, 0.25) is 0 Å². The summed E-state index contributed by atoms with van der Waals surface area (Å²) in [6, 6.07) is 9.44. The summed E-state index contributed by atoms with van der Waals surface area (Å²) in [7, 11) is 2.02. The Morgan fingerprint density at radius 1 is 1.20 bits per heavy atom. The van der Waals surface area contributed by atoms with Crippen molar-refractivity contribution < 1.29 is 0 Å². The van der Waals surface area contributed by atoms with Gasteiger partial charge in [-0.2, -0.15) is 0 Å². The van der Waals surface area contributed by atoms with Crippen LogP contribution in [0.25, 0.3) is 0 Å².